The van der Waals surface area contributed by atoms with Crippen molar-refractivity contribution in [1.29, 1.82) is 0 Å². The minimum Gasteiger partial charge on any atom is -0.496 e. The summed E-state index contributed by atoms with van der Waals surface area (Å²) in [4.78, 5) is 32.5. The lowest BCUT2D eigenvalue weighted by molar-refractivity contribution is -0.145. The van der Waals surface area contributed by atoms with Crippen LogP contribution >= 0.6 is 0 Å². The molecule has 0 aliphatic carbocycles. The lowest BCUT2D eigenvalue weighted by Gasteiger charge is -2.35. The van der Waals surface area contributed by atoms with Gasteiger partial charge in [-0.3, -0.25) is 4.90 Å². The van der Waals surface area contributed by atoms with E-state index in [4.69, 9.17) is 18.9 Å². The van der Waals surface area contributed by atoms with Crippen molar-refractivity contribution in [1.82, 2.24) is 9.88 Å². The van der Waals surface area contributed by atoms with E-state index in [1.54, 1.807) is 33.2 Å². The standard InChI is InChI=1S/C33H48N2O7/c1-19(2)41-29-23(13-12-16-34-29)26-28(40-18-21-17-22(32(5,6)7)14-15-24(21)39-11)25(33(8,9)10)27(30(36)37)35(26)31(38)42-20(3)4/h12-17,19-20,25-28H,18H2,1-11H3,(H,36,37)/t25-,26+,27+,28+/m1/s1. The molecule has 3 rings (SSSR count). The molecule has 0 saturated carbocycles. The second kappa shape index (κ2) is 12.9. The normalized spacial score (nSPS) is 21.1. The number of carboxylic acid groups (broad SMARTS) is 1. The van der Waals surface area contributed by atoms with Gasteiger partial charge >= 0.3 is 12.1 Å². The van der Waals surface area contributed by atoms with E-state index in [0.29, 0.717) is 17.2 Å². The number of ether oxygens (including phenoxy) is 4. The first-order valence-corrected chi connectivity index (χ1v) is 14.6. The van der Waals surface area contributed by atoms with E-state index in [0.717, 1.165) is 11.1 Å². The van der Waals surface area contributed by atoms with E-state index < -0.39 is 47.7 Å². The van der Waals surface area contributed by atoms with Crippen LogP contribution in [0.15, 0.2) is 36.5 Å². The van der Waals surface area contributed by atoms with E-state index in [1.807, 2.05) is 52.8 Å². The Morgan fingerprint density at radius 1 is 1.02 bits per heavy atom. The van der Waals surface area contributed by atoms with Crippen molar-refractivity contribution < 1.29 is 33.6 Å². The number of hydrogen-bond donors (Lipinski definition) is 1. The maximum absolute atomic E-state index is 13.7. The Morgan fingerprint density at radius 3 is 2.21 bits per heavy atom. The van der Waals surface area contributed by atoms with Gasteiger partial charge < -0.3 is 24.1 Å². The molecule has 1 N–H and O–H groups in total. The predicted octanol–water partition coefficient (Wildman–Crippen LogP) is 6.78. The first kappa shape index (κ1) is 33.2. The quantitative estimate of drug-likeness (QED) is 0.344. The highest BCUT2D eigenvalue weighted by Crippen LogP contribution is 2.51. The maximum Gasteiger partial charge on any atom is 0.411 e. The van der Waals surface area contributed by atoms with Crippen molar-refractivity contribution in [2.75, 3.05) is 7.11 Å². The lowest BCUT2D eigenvalue weighted by atomic mass is 9.73. The van der Waals surface area contributed by atoms with Crippen LogP contribution in [0.3, 0.4) is 0 Å². The summed E-state index contributed by atoms with van der Waals surface area (Å²) in [6, 6.07) is 7.52. The molecular formula is C33H48N2O7. The van der Waals surface area contributed by atoms with Crippen LogP contribution in [0.4, 0.5) is 4.79 Å². The molecular weight excluding hydrogens is 536 g/mol. The zero-order chi connectivity index (χ0) is 31.6. The van der Waals surface area contributed by atoms with Gasteiger partial charge in [0.1, 0.15) is 11.8 Å². The average Bonchev–Trinajstić information content (AvgIpc) is 3.22. The van der Waals surface area contributed by atoms with Crippen molar-refractivity contribution in [2.24, 2.45) is 11.3 Å². The molecule has 1 saturated heterocycles. The molecule has 1 fully saturated rings. The van der Waals surface area contributed by atoms with E-state index in [2.05, 4.69) is 31.8 Å². The van der Waals surface area contributed by atoms with Gasteiger partial charge in [-0.05, 0) is 68.4 Å². The van der Waals surface area contributed by atoms with Gasteiger partial charge in [0.25, 0.3) is 0 Å². The number of carboxylic acids is 1. The predicted molar refractivity (Wildman–Crippen MR) is 161 cm³/mol. The zero-order valence-corrected chi connectivity index (χ0v) is 26.9. The van der Waals surface area contributed by atoms with Crippen LogP contribution in [0.25, 0.3) is 0 Å². The number of carbonyl (C=O) groups is 2. The summed E-state index contributed by atoms with van der Waals surface area (Å²) in [5.41, 5.74) is 1.83. The Kier molecular flexibility index (Phi) is 10.2. The van der Waals surface area contributed by atoms with Crippen molar-refractivity contribution in [3.8, 4) is 11.6 Å². The van der Waals surface area contributed by atoms with Crippen molar-refractivity contribution >= 4 is 12.1 Å². The van der Waals surface area contributed by atoms with E-state index in [1.165, 1.54) is 4.90 Å². The SMILES string of the molecule is COc1ccc(C(C)(C)C)cc1CO[C@H]1[C@H](C(C)(C)C)[C@@H](C(=O)O)N(C(=O)OC(C)C)[C@H]1c1cccnc1OC(C)C. The molecule has 0 spiro atoms. The van der Waals surface area contributed by atoms with Crippen LogP contribution in [0.1, 0.15) is 92.0 Å². The minimum atomic E-state index is -1.22. The van der Waals surface area contributed by atoms with Crippen LogP contribution in [0, 0.1) is 11.3 Å². The number of aliphatic carboxylic acids is 1. The van der Waals surface area contributed by atoms with Gasteiger partial charge in [0, 0.05) is 23.2 Å². The van der Waals surface area contributed by atoms with E-state index in [9.17, 15) is 14.7 Å². The molecule has 0 bridgehead atoms. The number of nitrogens with zero attached hydrogens (tertiary/aromatic N) is 2. The van der Waals surface area contributed by atoms with Crippen LogP contribution in [0.5, 0.6) is 11.6 Å². The summed E-state index contributed by atoms with van der Waals surface area (Å²) in [7, 11) is 1.61. The fourth-order valence-electron chi connectivity index (χ4n) is 5.62. The molecule has 1 aliphatic heterocycles. The third-order valence-electron chi connectivity index (χ3n) is 7.45. The van der Waals surface area contributed by atoms with E-state index >= 15 is 0 Å². The van der Waals surface area contributed by atoms with Gasteiger partial charge in [-0.15, -0.1) is 0 Å². The summed E-state index contributed by atoms with van der Waals surface area (Å²) in [5.74, 6) is -0.752. The Labute approximate surface area is 250 Å². The number of benzene rings is 1. The molecule has 2 aromatic rings. The summed E-state index contributed by atoms with van der Waals surface area (Å²) in [6.07, 6.45) is -0.512. The summed E-state index contributed by atoms with van der Waals surface area (Å²) >= 11 is 0. The third-order valence-corrected chi connectivity index (χ3v) is 7.45. The zero-order valence-electron chi connectivity index (χ0n) is 26.9. The average molecular weight is 585 g/mol. The first-order valence-electron chi connectivity index (χ1n) is 14.6. The number of hydrogen-bond acceptors (Lipinski definition) is 7. The summed E-state index contributed by atoms with van der Waals surface area (Å²) in [6.45, 7) is 19.7. The second-order valence-corrected chi connectivity index (χ2v) is 13.6. The lowest BCUT2D eigenvalue weighted by Crippen LogP contribution is -2.47. The number of carbonyl (C=O) groups excluding carboxylic acids is 1. The molecule has 9 heteroatoms. The molecule has 4 atom stereocenters. The Balaban J connectivity index is 2.24. The van der Waals surface area contributed by atoms with Gasteiger partial charge in [0.2, 0.25) is 5.88 Å². The van der Waals surface area contributed by atoms with Crippen molar-refractivity contribution in [3.63, 3.8) is 0 Å². The van der Waals surface area contributed by atoms with Gasteiger partial charge in [-0.1, -0.05) is 47.6 Å². The number of amides is 1. The topological polar surface area (TPSA) is 107 Å². The molecule has 0 radical (unpaired) electrons. The van der Waals surface area contributed by atoms with Crippen molar-refractivity contribution in [3.05, 3.63) is 53.2 Å². The minimum absolute atomic E-state index is 0.102. The number of pyridine rings is 1. The fraction of sp³-hybridized carbons (Fsp3) is 0.606. The highest BCUT2D eigenvalue weighted by molar-refractivity contribution is 5.82. The van der Waals surface area contributed by atoms with Crippen LogP contribution in [-0.4, -0.2) is 58.5 Å². The first-order chi connectivity index (χ1) is 19.5. The second-order valence-electron chi connectivity index (χ2n) is 13.6. The van der Waals surface area contributed by atoms with Gasteiger partial charge in [-0.2, -0.15) is 0 Å². The molecule has 0 unspecified atom stereocenters. The third kappa shape index (κ3) is 7.35. The highest BCUT2D eigenvalue weighted by atomic mass is 16.6. The smallest absolute Gasteiger partial charge is 0.411 e. The Morgan fingerprint density at radius 2 is 1.69 bits per heavy atom. The molecule has 9 nitrogen and oxygen atoms in total. The monoisotopic (exact) mass is 584 g/mol. The fourth-order valence-corrected chi connectivity index (χ4v) is 5.62. The van der Waals surface area contributed by atoms with E-state index in [-0.39, 0.29) is 18.1 Å². The molecule has 232 valence electrons. The maximum atomic E-state index is 13.7. The van der Waals surface area contributed by atoms with Gasteiger partial charge in [0.15, 0.2) is 0 Å². The number of rotatable bonds is 9. The molecule has 1 amide bonds. The number of likely N-dealkylation sites (tertiary alicyclic amines) is 1. The number of aromatic nitrogens is 1. The Hall–Kier alpha value is -3.33. The molecule has 2 heterocycles. The Bertz CT molecular complexity index is 1250. The molecule has 1 aromatic carbocycles. The molecule has 42 heavy (non-hydrogen) atoms. The largest absolute Gasteiger partial charge is 0.496 e. The van der Waals surface area contributed by atoms with Crippen molar-refractivity contribution in [2.45, 2.75) is 112 Å². The van der Waals surface area contributed by atoms with Gasteiger partial charge in [0.05, 0.1) is 38.1 Å². The van der Waals surface area contributed by atoms with Crippen LogP contribution in [-0.2, 0) is 26.3 Å². The van der Waals surface area contributed by atoms with Crippen LogP contribution < -0.4 is 9.47 Å². The van der Waals surface area contributed by atoms with Crippen LogP contribution in [0.2, 0.25) is 0 Å². The summed E-state index contributed by atoms with van der Waals surface area (Å²) < 4.78 is 24.1. The molecule has 1 aromatic heterocycles. The molecule has 1 aliphatic rings. The highest BCUT2D eigenvalue weighted by Gasteiger charge is 2.60. The number of methoxy groups -OCH3 is 1. The summed E-state index contributed by atoms with van der Waals surface area (Å²) in [5, 5.41) is 10.6. The van der Waals surface area contributed by atoms with Gasteiger partial charge in [-0.25, -0.2) is 14.6 Å².